The smallest absolute Gasteiger partial charge is 0.159 e. The first-order valence-corrected chi connectivity index (χ1v) is 5.46. The van der Waals surface area contributed by atoms with E-state index in [9.17, 15) is 4.79 Å². The van der Waals surface area contributed by atoms with Crippen molar-refractivity contribution in [1.29, 1.82) is 0 Å². The summed E-state index contributed by atoms with van der Waals surface area (Å²) in [6.07, 6.45) is -0.206. The molecule has 2 nitrogen and oxygen atoms in total. The molecule has 1 aliphatic heterocycles. The van der Waals surface area contributed by atoms with Crippen molar-refractivity contribution >= 4 is 5.78 Å². The van der Waals surface area contributed by atoms with Crippen molar-refractivity contribution < 1.29 is 9.53 Å². The highest BCUT2D eigenvalue weighted by molar-refractivity contribution is 5.82. The molecule has 1 aromatic carbocycles. The molecule has 0 N–H and O–H groups in total. The number of hydrogen-bond donors (Lipinski definition) is 0. The second kappa shape index (κ2) is 5.66. The molecule has 0 spiro atoms. The lowest BCUT2D eigenvalue weighted by atomic mass is 9.88. The number of rotatable bonds is 2. The number of ketones is 1. The Morgan fingerprint density at radius 1 is 1.27 bits per heavy atom. The number of ether oxygens (including phenoxy) is 1. The second-order valence-corrected chi connectivity index (χ2v) is 3.38. The minimum absolute atomic E-state index is 0.125. The van der Waals surface area contributed by atoms with Gasteiger partial charge in [-0.3, -0.25) is 4.79 Å². The molecule has 15 heavy (non-hydrogen) atoms. The Morgan fingerprint density at radius 3 is 2.27 bits per heavy atom. The zero-order valence-corrected chi connectivity index (χ0v) is 9.57. The van der Waals surface area contributed by atoms with Crippen LogP contribution in [0.1, 0.15) is 32.3 Å². The Bertz CT molecular complexity index is 306. The molecule has 0 amide bonds. The third-order valence-corrected chi connectivity index (χ3v) is 2.45. The number of carbonyl (C=O) groups is 1. The highest BCUT2D eigenvalue weighted by Crippen LogP contribution is 2.31. The Morgan fingerprint density at radius 2 is 1.87 bits per heavy atom. The van der Waals surface area contributed by atoms with Gasteiger partial charge in [-0.25, -0.2) is 0 Å². The predicted molar refractivity (Wildman–Crippen MR) is 61.0 cm³/mol. The maximum absolute atomic E-state index is 11.1. The number of hydrogen-bond acceptors (Lipinski definition) is 2. The summed E-state index contributed by atoms with van der Waals surface area (Å²) in [6, 6.07) is 10.0. The van der Waals surface area contributed by atoms with Gasteiger partial charge in [0.05, 0.1) is 6.61 Å². The fraction of sp³-hybridized carbons (Fsp3) is 0.462. The lowest BCUT2D eigenvalue weighted by Gasteiger charge is -2.35. The molecule has 82 valence electrons. The molecule has 1 aromatic rings. The number of benzene rings is 1. The van der Waals surface area contributed by atoms with Crippen LogP contribution < -0.4 is 0 Å². The van der Waals surface area contributed by atoms with Gasteiger partial charge in [-0.15, -0.1) is 0 Å². The summed E-state index contributed by atoms with van der Waals surface area (Å²) in [6.45, 7) is 6.26. The maximum atomic E-state index is 11.1. The summed E-state index contributed by atoms with van der Waals surface area (Å²) < 4.78 is 5.21. The largest absolute Gasteiger partial charge is 0.369 e. The van der Waals surface area contributed by atoms with Crippen molar-refractivity contribution in [1.82, 2.24) is 0 Å². The van der Waals surface area contributed by atoms with Crippen LogP contribution in [0.4, 0.5) is 0 Å². The Hall–Kier alpha value is -1.15. The van der Waals surface area contributed by atoms with Crippen molar-refractivity contribution in [2.24, 2.45) is 0 Å². The highest BCUT2D eigenvalue weighted by Gasteiger charge is 2.36. The van der Waals surface area contributed by atoms with Crippen molar-refractivity contribution in [3.05, 3.63) is 35.9 Å². The van der Waals surface area contributed by atoms with E-state index in [0.29, 0.717) is 6.61 Å². The summed E-state index contributed by atoms with van der Waals surface area (Å²) >= 11 is 0. The quantitative estimate of drug-likeness (QED) is 0.743. The molecular formula is C13H18O2. The van der Waals surface area contributed by atoms with E-state index < -0.39 is 0 Å². The van der Waals surface area contributed by atoms with E-state index in [4.69, 9.17) is 4.74 Å². The summed E-state index contributed by atoms with van der Waals surface area (Å²) in [4.78, 5) is 11.1. The lowest BCUT2D eigenvalue weighted by molar-refractivity contribution is -0.145. The molecule has 0 bridgehead atoms. The van der Waals surface area contributed by atoms with E-state index in [0.717, 1.165) is 0 Å². The summed E-state index contributed by atoms with van der Waals surface area (Å²) in [5.41, 5.74) is 1.20. The number of Topliss-reactive ketones (excluding diaryl/α,β-unsaturated/α-hetero) is 1. The summed E-state index contributed by atoms with van der Waals surface area (Å²) in [5.74, 6) is 0.402. The van der Waals surface area contributed by atoms with Gasteiger partial charge in [0.2, 0.25) is 0 Å². The first-order chi connectivity index (χ1) is 7.29. The molecule has 0 radical (unpaired) electrons. The zero-order valence-electron chi connectivity index (χ0n) is 9.57. The first kappa shape index (κ1) is 11.9. The third-order valence-electron chi connectivity index (χ3n) is 2.45. The third kappa shape index (κ3) is 2.66. The van der Waals surface area contributed by atoms with Gasteiger partial charge in [0, 0.05) is 5.92 Å². The molecule has 2 atom stereocenters. The zero-order chi connectivity index (χ0) is 11.3. The minimum Gasteiger partial charge on any atom is -0.369 e. The van der Waals surface area contributed by atoms with Crippen LogP contribution in [0.2, 0.25) is 0 Å². The van der Waals surface area contributed by atoms with Crippen LogP contribution in [0.25, 0.3) is 0 Å². The van der Waals surface area contributed by atoms with Crippen LogP contribution in [-0.4, -0.2) is 18.5 Å². The van der Waals surface area contributed by atoms with Gasteiger partial charge in [0.1, 0.15) is 6.10 Å². The molecule has 0 saturated carbocycles. The lowest BCUT2D eigenvalue weighted by Crippen LogP contribution is -2.42. The molecule has 0 aromatic heterocycles. The molecular weight excluding hydrogens is 188 g/mol. The van der Waals surface area contributed by atoms with E-state index in [1.54, 1.807) is 6.92 Å². The fourth-order valence-electron chi connectivity index (χ4n) is 1.66. The molecule has 1 heterocycles. The normalized spacial score (nSPS) is 23.4. The van der Waals surface area contributed by atoms with E-state index in [1.165, 1.54) is 5.56 Å². The molecule has 1 aliphatic rings. The Kier molecular flexibility index (Phi) is 4.50. The molecule has 2 unspecified atom stereocenters. The highest BCUT2D eigenvalue weighted by atomic mass is 16.5. The van der Waals surface area contributed by atoms with Gasteiger partial charge in [-0.1, -0.05) is 44.2 Å². The molecule has 2 rings (SSSR count). The van der Waals surface area contributed by atoms with Gasteiger partial charge in [0.25, 0.3) is 0 Å². The van der Waals surface area contributed by atoms with Crippen LogP contribution in [0.3, 0.4) is 0 Å². The SMILES string of the molecule is CC.CC(=O)C1OCC1c1ccccc1. The molecule has 2 heteroatoms. The second-order valence-electron chi connectivity index (χ2n) is 3.38. The molecule has 1 fully saturated rings. The van der Waals surface area contributed by atoms with Crippen molar-refractivity contribution in [2.45, 2.75) is 32.8 Å². The average Bonchev–Trinajstić information content (AvgIpc) is 2.20. The molecule has 1 saturated heterocycles. The van der Waals surface area contributed by atoms with Crippen LogP contribution in [-0.2, 0) is 9.53 Å². The van der Waals surface area contributed by atoms with Gasteiger partial charge >= 0.3 is 0 Å². The average molecular weight is 206 g/mol. The monoisotopic (exact) mass is 206 g/mol. The van der Waals surface area contributed by atoms with E-state index in [2.05, 4.69) is 0 Å². The standard InChI is InChI=1S/C11H12O2.C2H6/c1-8(12)11-10(7-13-11)9-5-3-2-4-6-9;1-2/h2-6,10-11H,7H2,1H3;1-2H3. The summed E-state index contributed by atoms with van der Waals surface area (Å²) in [7, 11) is 0. The first-order valence-electron chi connectivity index (χ1n) is 5.46. The topological polar surface area (TPSA) is 26.3 Å². The van der Waals surface area contributed by atoms with Gasteiger partial charge in [0.15, 0.2) is 5.78 Å². The Labute approximate surface area is 91.3 Å². The van der Waals surface area contributed by atoms with E-state index in [-0.39, 0.29) is 17.8 Å². The predicted octanol–water partition coefficient (Wildman–Crippen LogP) is 2.78. The van der Waals surface area contributed by atoms with Crippen LogP contribution in [0, 0.1) is 0 Å². The van der Waals surface area contributed by atoms with E-state index >= 15 is 0 Å². The van der Waals surface area contributed by atoms with Crippen molar-refractivity contribution in [3.8, 4) is 0 Å². The van der Waals surface area contributed by atoms with Crippen LogP contribution in [0.15, 0.2) is 30.3 Å². The van der Waals surface area contributed by atoms with Crippen LogP contribution in [0.5, 0.6) is 0 Å². The van der Waals surface area contributed by atoms with Gasteiger partial charge in [-0.05, 0) is 12.5 Å². The van der Waals surface area contributed by atoms with Crippen molar-refractivity contribution in [2.75, 3.05) is 6.61 Å². The maximum Gasteiger partial charge on any atom is 0.159 e. The van der Waals surface area contributed by atoms with E-state index in [1.807, 2.05) is 44.2 Å². The summed E-state index contributed by atoms with van der Waals surface area (Å²) in [5, 5.41) is 0. The van der Waals surface area contributed by atoms with Crippen molar-refractivity contribution in [3.63, 3.8) is 0 Å². The fourth-order valence-corrected chi connectivity index (χ4v) is 1.66. The van der Waals surface area contributed by atoms with Crippen LogP contribution >= 0.6 is 0 Å². The number of carbonyl (C=O) groups excluding carboxylic acids is 1. The minimum atomic E-state index is -0.206. The molecule has 0 aliphatic carbocycles. The Balaban J connectivity index is 0.000000531. The van der Waals surface area contributed by atoms with Gasteiger partial charge in [-0.2, -0.15) is 0 Å². The van der Waals surface area contributed by atoms with Gasteiger partial charge < -0.3 is 4.74 Å².